The first-order chi connectivity index (χ1) is 7.54. The molecule has 0 aliphatic carbocycles. The molecule has 1 saturated heterocycles. The van der Waals surface area contributed by atoms with Crippen LogP contribution >= 0.6 is 0 Å². The van der Waals surface area contributed by atoms with Gasteiger partial charge in [-0.2, -0.15) is 0 Å². The number of esters is 1. The van der Waals surface area contributed by atoms with E-state index in [1.165, 1.54) is 20.0 Å². The van der Waals surface area contributed by atoms with Crippen LogP contribution < -0.4 is 5.73 Å². The van der Waals surface area contributed by atoms with E-state index in [4.69, 9.17) is 5.73 Å². The second-order valence-electron chi connectivity index (χ2n) is 5.01. The van der Waals surface area contributed by atoms with Gasteiger partial charge in [-0.15, -0.1) is 0 Å². The van der Waals surface area contributed by atoms with Crippen molar-refractivity contribution in [1.82, 2.24) is 4.90 Å². The lowest BCUT2D eigenvalue weighted by molar-refractivity contribution is -0.142. The molecule has 0 aromatic heterocycles. The van der Waals surface area contributed by atoms with Crippen LogP contribution in [0.3, 0.4) is 0 Å². The highest BCUT2D eigenvalue weighted by Crippen LogP contribution is 2.24. The number of nitrogens with zero attached hydrogens (tertiary/aromatic N) is 1. The molecule has 2 N–H and O–H groups in total. The molecule has 1 aliphatic heterocycles. The lowest BCUT2D eigenvalue weighted by Crippen LogP contribution is -2.46. The van der Waals surface area contributed by atoms with Gasteiger partial charge in [0, 0.05) is 6.54 Å². The Balaban J connectivity index is 2.29. The Kier molecular flexibility index (Phi) is 5.22. The van der Waals surface area contributed by atoms with E-state index in [0.717, 1.165) is 24.9 Å². The quantitative estimate of drug-likeness (QED) is 0.725. The average molecular weight is 228 g/mol. The number of hydrogen-bond donors (Lipinski definition) is 1. The van der Waals surface area contributed by atoms with Crippen LogP contribution in [0.15, 0.2) is 0 Å². The van der Waals surface area contributed by atoms with Crippen LogP contribution in [-0.4, -0.2) is 43.7 Å². The SMILES string of the molecule is COC(=O)C(N)CN1CCC(C(C)C)CC1. The predicted molar refractivity (Wildman–Crippen MR) is 64.0 cm³/mol. The monoisotopic (exact) mass is 228 g/mol. The van der Waals surface area contributed by atoms with Gasteiger partial charge >= 0.3 is 5.97 Å². The molecule has 4 nitrogen and oxygen atoms in total. The van der Waals surface area contributed by atoms with Crippen molar-refractivity contribution in [2.24, 2.45) is 17.6 Å². The molecule has 0 amide bonds. The third-order valence-corrected chi connectivity index (χ3v) is 3.53. The van der Waals surface area contributed by atoms with E-state index in [1.807, 2.05) is 0 Å². The zero-order valence-electron chi connectivity index (χ0n) is 10.6. The van der Waals surface area contributed by atoms with Gasteiger partial charge in [-0.1, -0.05) is 13.8 Å². The summed E-state index contributed by atoms with van der Waals surface area (Å²) < 4.78 is 4.62. The fourth-order valence-electron chi connectivity index (χ4n) is 2.31. The number of carbonyl (C=O) groups excluding carboxylic acids is 1. The third-order valence-electron chi connectivity index (χ3n) is 3.53. The maximum atomic E-state index is 11.2. The maximum absolute atomic E-state index is 11.2. The Bertz CT molecular complexity index is 223. The molecular formula is C12H24N2O2. The predicted octanol–water partition coefficient (Wildman–Crippen LogP) is 0.855. The normalized spacial score (nSPS) is 21.1. The Morgan fingerprint density at radius 2 is 2.00 bits per heavy atom. The molecule has 4 heteroatoms. The van der Waals surface area contributed by atoms with Gasteiger partial charge in [0.1, 0.15) is 6.04 Å². The summed E-state index contributed by atoms with van der Waals surface area (Å²) >= 11 is 0. The van der Waals surface area contributed by atoms with Crippen molar-refractivity contribution in [3.05, 3.63) is 0 Å². The van der Waals surface area contributed by atoms with Crippen LogP contribution in [0.2, 0.25) is 0 Å². The van der Waals surface area contributed by atoms with Crippen molar-refractivity contribution in [3.63, 3.8) is 0 Å². The molecular weight excluding hydrogens is 204 g/mol. The van der Waals surface area contributed by atoms with E-state index in [0.29, 0.717) is 6.54 Å². The standard InChI is InChI=1S/C12H24N2O2/c1-9(2)10-4-6-14(7-5-10)8-11(13)12(15)16-3/h9-11H,4-8,13H2,1-3H3. The van der Waals surface area contributed by atoms with Crippen LogP contribution in [0.25, 0.3) is 0 Å². The molecule has 16 heavy (non-hydrogen) atoms. The summed E-state index contributed by atoms with van der Waals surface area (Å²) in [6.07, 6.45) is 2.43. The third kappa shape index (κ3) is 3.76. The van der Waals surface area contributed by atoms with Crippen LogP contribution in [-0.2, 0) is 9.53 Å². The van der Waals surface area contributed by atoms with Gasteiger partial charge in [0.25, 0.3) is 0 Å². The molecule has 0 radical (unpaired) electrons. The summed E-state index contributed by atoms with van der Waals surface area (Å²) in [5.74, 6) is 1.27. The minimum atomic E-state index is -0.499. The van der Waals surface area contributed by atoms with Crippen molar-refractivity contribution in [2.45, 2.75) is 32.7 Å². The zero-order chi connectivity index (χ0) is 12.1. The van der Waals surface area contributed by atoms with Gasteiger partial charge in [-0.05, 0) is 37.8 Å². The summed E-state index contributed by atoms with van der Waals surface area (Å²) in [7, 11) is 1.38. The van der Waals surface area contributed by atoms with Crippen molar-refractivity contribution in [2.75, 3.05) is 26.7 Å². The summed E-state index contributed by atoms with van der Waals surface area (Å²) in [6, 6.07) is -0.499. The highest BCUT2D eigenvalue weighted by Gasteiger charge is 2.24. The molecule has 94 valence electrons. The molecule has 0 aromatic rings. The van der Waals surface area contributed by atoms with E-state index in [-0.39, 0.29) is 5.97 Å². The number of nitrogens with two attached hydrogens (primary N) is 1. The van der Waals surface area contributed by atoms with Gasteiger partial charge in [-0.25, -0.2) is 0 Å². The van der Waals surface area contributed by atoms with E-state index in [1.54, 1.807) is 0 Å². The number of rotatable bonds is 4. The van der Waals surface area contributed by atoms with Crippen LogP contribution in [0.4, 0.5) is 0 Å². The summed E-state index contributed by atoms with van der Waals surface area (Å²) in [4.78, 5) is 13.4. The number of piperidine rings is 1. The molecule has 1 aliphatic rings. The summed E-state index contributed by atoms with van der Waals surface area (Å²) in [5.41, 5.74) is 5.74. The van der Waals surface area contributed by atoms with Crippen molar-refractivity contribution < 1.29 is 9.53 Å². The lowest BCUT2D eigenvalue weighted by Gasteiger charge is -2.34. The highest BCUT2D eigenvalue weighted by molar-refractivity contribution is 5.75. The number of hydrogen-bond acceptors (Lipinski definition) is 4. The van der Waals surface area contributed by atoms with Crippen LogP contribution in [0.5, 0.6) is 0 Å². The van der Waals surface area contributed by atoms with Gasteiger partial charge in [0.15, 0.2) is 0 Å². The number of carbonyl (C=O) groups is 1. The lowest BCUT2D eigenvalue weighted by atomic mass is 9.86. The average Bonchev–Trinajstić information content (AvgIpc) is 2.28. The Hall–Kier alpha value is -0.610. The van der Waals surface area contributed by atoms with Crippen LogP contribution in [0, 0.1) is 11.8 Å². The van der Waals surface area contributed by atoms with Crippen molar-refractivity contribution >= 4 is 5.97 Å². The van der Waals surface area contributed by atoms with Gasteiger partial charge in [0.2, 0.25) is 0 Å². The van der Waals surface area contributed by atoms with E-state index in [9.17, 15) is 4.79 Å². The number of ether oxygens (including phenoxy) is 1. The maximum Gasteiger partial charge on any atom is 0.323 e. The smallest absolute Gasteiger partial charge is 0.323 e. The molecule has 0 bridgehead atoms. The zero-order valence-corrected chi connectivity index (χ0v) is 10.6. The van der Waals surface area contributed by atoms with Gasteiger partial charge in [-0.3, -0.25) is 4.79 Å². The molecule has 0 saturated carbocycles. The molecule has 1 rings (SSSR count). The first-order valence-electron chi connectivity index (χ1n) is 6.10. The van der Waals surface area contributed by atoms with Crippen LogP contribution in [0.1, 0.15) is 26.7 Å². The molecule has 1 fully saturated rings. The second-order valence-corrected chi connectivity index (χ2v) is 5.01. The van der Waals surface area contributed by atoms with Crippen molar-refractivity contribution in [1.29, 1.82) is 0 Å². The summed E-state index contributed by atoms with van der Waals surface area (Å²) in [5, 5.41) is 0. The summed E-state index contributed by atoms with van der Waals surface area (Å²) in [6.45, 7) is 7.28. The minimum Gasteiger partial charge on any atom is -0.468 e. The largest absolute Gasteiger partial charge is 0.468 e. The van der Waals surface area contributed by atoms with E-state index < -0.39 is 6.04 Å². The Labute approximate surface area is 98.1 Å². The Morgan fingerprint density at radius 3 is 2.44 bits per heavy atom. The number of likely N-dealkylation sites (tertiary alicyclic amines) is 1. The molecule has 1 atom stereocenters. The topological polar surface area (TPSA) is 55.6 Å². The van der Waals surface area contributed by atoms with E-state index >= 15 is 0 Å². The first-order valence-corrected chi connectivity index (χ1v) is 6.10. The van der Waals surface area contributed by atoms with Crippen molar-refractivity contribution in [3.8, 4) is 0 Å². The first kappa shape index (κ1) is 13.5. The molecule has 0 aromatic carbocycles. The molecule has 0 spiro atoms. The number of methoxy groups -OCH3 is 1. The molecule has 1 unspecified atom stereocenters. The fourth-order valence-corrected chi connectivity index (χ4v) is 2.31. The van der Waals surface area contributed by atoms with Gasteiger partial charge in [0.05, 0.1) is 7.11 Å². The minimum absolute atomic E-state index is 0.314. The second kappa shape index (κ2) is 6.21. The van der Waals surface area contributed by atoms with E-state index in [2.05, 4.69) is 23.5 Å². The highest BCUT2D eigenvalue weighted by atomic mass is 16.5. The fraction of sp³-hybridized carbons (Fsp3) is 0.917. The molecule has 1 heterocycles. The Morgan fingerprint density at radius 1 is 1.44 bits per heavy atom. The van der Waals surface area contributed by atoms with Gasteiger partial charge < -0.3 is 15.4 Å².